The fraction of sp³-hybridized carbons (Fsp3) is 0.321. The average Bonchev–Trinajstić information content (AvgIpc) is 3.64. The molecule has 1 aliphatic heterocycles. The predicted octanol–water partition coefficient (Wildman–Crippen LogP) is 2.61. The fourth-order valence-corrected chi connectivity index (χ4v) is 4.70. The van der Waals surface area contributed by atoms with Crippen LogP contribution >= 0.6 is 0 Å². The maximum atomic E-state index is 13.4. The highest BCUT2D eigenvalue weighted by molar-refractivity contribution is 6.45. The van der Waals surface area contributed by atoms with Crippen molar-refractivity contribution >= 4 is 28.5 Å². The molecule has 2 amide bonds. The average molecular weight is 531 g/mol. The molecule has 2 N–H and O–H groups in total. The van der Waals surface area contributed by atoms with E-state index in [0.717, 1.165) is 0 Å². The first-order valence-electron chi connectivity index (χ1n) is 12.8. The molecular weight excluding hydrogens is 500 g/mol. The van der Waals surface area contributed by atoms with Gasteiger partial charge in [-0.15, -0.1) is 0 Å². The third-order valence-corrected chi connectivity index (χ3v) is 6.95. The SMILES string of the molecule is COc1cnc(-n2ccc(C(O)C(C)C)n2)c2[nH]cc(C(=O)C(=O)N3CCN(C(=O)c4ccccc4)CC3)c12. The molecule has 3 aromatic heterocycles. The van der Waals surface area contributed by atoms with Gasteiger partial charge in [0, 0.05) is 44.1 Å². The summed E-state index contributed by atoms with van der Waals surface area (Å²) >= 11 is 0. The van der Waals surface area contributed by atoms with Gasteiger partial charge in [0.2, 0.25) is 0 Å². The number of aliphatic hydroxyl groups excluding tert-OH is 1. The van der Waals surface area contributed by atoms with Gasteiger partial charge in [0.25, 0.3) is 17.6 Å². The minimum absolute atomic E-state index is 0.0174. The molecule has 1 saturated heterocycles. The number of aromatic amines is 1. The Morgan fingerprint density at radius 1 is 1.03 bits per heavy atom. The van der Waals surface area contributed by atoms with Crippen LogP contribution < -0.4 is 4.74 Å². The molecule has 202 valence electrons. The van der Waals surface area contributed by atoms with Crippen molar-refractivity contribution in [1.82, 2.24) is 29.5 Å². The lowest BCUT2D eigenvalue weighted by atomic mass is 10.1. The van der Waals surface area contributed by atoms with Crippen LogP contribution in [0.2, 0.25) is 0 Å². The van der Waals surface area contributed by atoms with E-state index in [1.54, 1.807) is 29.3 Å². The highest BCUT2D eigenvalue weighted by Crippen LogP contribution is 2.32. The van der Waals surface area contributed by atoms with Crippen LogP contribution in [-0.2, 0) is 4.79 Å². The number of piperazine rings is 1. The number of hydrogen-bond acceptors (Lipinski definition) is 7. The number of H-pyrrole nitrogens is 1. The van der Waals surface area contributed by atoms with Crippen molar-refractivity contribution in [2.45, 2.75) is 20.0 Å². The Morgan fingerprint density at radius 2 is 1.72 bits per heavy atom. The first-order chi connectivity index (χ1) is 18.8. The molecule has 1 fully saturated rings. The summed E-state index contributed by atoms with van der Waals surface area (Å²) in [5.74, 6) is -0.721. The maximum Gasteiger partial charge on any atom is 0.295 e. The molecule has 1 atom stereocenters. The molecule has 1 aromatic carbocycles. The molecular formula is C28H30N6O5. The number of pyridine rings is 1. The van der Waals surface area contributed by atoms with Crippen LogP contribution in [0.15, 0.2) is 55.0 Å². The van der Waals surface area contributed by atoms with Gasteiger partial charge in [-0.3, -0.25) is 14.4 Å². The lowest BCUT2D eigenvalue weighted by molar-refractivity contribution is -0.127. The number of aromatic nitrogens is 4. The number of carbonyl (C=O) groups is 3. The Bertz CT molecular complexity index is 1520. The van der Waals surface area contributed by atoms with Gasteiger partial charge in [0.15, 0.2) is 5.82 Å². The Morgan fingerprint density at radius 3 is 2.38 bits per heavy atom. The second kappa shape index (κ2) is 10.7. The number of hydrogen-bond donors (Lipinski definition) is 2. The maximum absolute atomic E-state index is 13.4. The third kappa shape index (κ3) is 4.88. The monoisotopic (exact) mass is 530 g/mol. The number of fused-ring (bicyclic) bond motifs is 1. The van der Waals surface area contributed by atoms with Crippen molar-refractivity contribution < 1.29 is 24.2 Å². The number of carbonyl (C=O) groups excluding carboxylic acids is 3. The first-order valence-corrected chi connectivity index (χ1v) is 12.8. The van der Waals surface area contributed by atoms with Gasteiger partial charge in [-0.25, -0.2) is 9.67 Å². The Labute approximate surface area is 225 Å². The molecule has 1 aliphatic rings. The van der Waals surface area contributed by atoms with Gasteiger partial charge in [-0.1, -0.05) is 32.0 Å². The molecule has 11 heteroatoms. The van der Waals surface area contributed by atoms with E-state index < -0.39 is 17.8 Å². The molecule has 0 aliphatic carbocycles. The number of Topliss-reactive ketones (excluding diaryl/α,β-unsaturated/α-hetero) is 1. The molecule has 39 heavy (non-hydrogen) atoms. The van der Waals surface area contributed by atoms with Crippen molar-refractivity contribution in [3.05, 3.63) is 71.8 Å². The summed E-state index contributed by atoms with van der Waals surface area (Å²) in [4.78, 5) is 50.1. The lowest BCUT2D eigenvalue weighted by Crippen LogP contribution is -2.52. The van der Waals surface area contributed by atoms with Gasteiger partial charge in [0.05, 0.1) is 35.5 Å². The minimum Gasteiger partial charge on any atom is -0.494 e. The van der Waals surface area contributed by atoms with Gasteiger partial charge >= 0.3 is 0 Å². The standard InChI is InChI=1S/C28H30N6O5/c1-17(2)24(35)20-9-10-34(31-20)26-23-22(21(39-3)16-30-26)19(15-29-23)25(36)28(38)33-13-11-32(12-14-33)27(37)18-7-5-4-6-8-18/h4-10,15-17,24,29,35H,11-14H2,1-3H3. The molecule has 0 radical (unpaired) electrons. The number of ketones is 1. The summed E-state index contributed by atoms with van der Waals surface area (Å²) < 4.78 is 6.99. The fourth-order valence-electron chi connectivity index (χ4n) is 4.70. The highest BCUT2D eigenvalue weighted by Gasteiger charge is 2.31. The summed E-state index contributed by atoms with van der Waals surface area (Å²) in [7, 11) is 1.47. The molecule has 4 aromatic rings. The zero-order chi connectivity index (χ0) is 27.7. The quantitative estimate of drug-likeness (QED) is 0.277. The zero-order valence-electron chi connectivity index (χ0n) is 22.0. The van der Waals surface area contributed by atoms with Gasteiger partial charge < -0.3 is 24.6 Å². The molecule has 0 spiro atoms. The summed E-state index contributed by atoms with van der Waals surface area (Å²) in [6.07, 6.45) is 3.89. The van der Waals surface area contributed by atoms with E-state index in [0.29, 0.717) is 46.8 Å². The van der Waals surface area contributed by atoms with E-state index >= 15 is 0 Å². The normalized spacial score (nSPS) is 14.6. The molecule has 4 heterocycles. The van der Waals surface area contributed by atoms with E-state index in [1.807, 2.05) is 32.0 Å². The number of ether oxygens (including phenoxy) is 1. The molecule has 0 saturated carbocycles. The zero-order valence-corrected chi connectivity index (χ0v) is 22.0. The van der Waals surface area contributed by atoms with Crippen LogP contribution in [0, 0.1) is 5.92 Å². The number of methoxy groups -OCH3 is 1. The third-order valence-electron chi connectivity index (χ3n) is 6.95. The second-order valence-electron chi connectivity index (χ2n) is 9.76. The van der Waals surface area contributed by atoms with E-state index in [9.17, 15) is 19.5 Å². The number of rotatable bonds is 7. The smallest absolute Gasteiger partial charge is 0.295 e. The second-order valence-corrected chi connectivity index (χ2v) is 9.76. The van der Waals surface area contributed by atoms with Crippen LogP contribution in [0.1, 0.15) is 46.4 Å². The number of nitrogens with zero attached hydrogens (tertiary/aromatic N) is 5. The summed E-state index contributed by atoms with van der Waals surface area (Å²) in [6.45, 7) is 4.97. The number of aliphatic hydroxyl groups is 1. The van der Waals surface area contributed by atoms with Crippen LogP contribution in [0.3, 0.4) is 0 Å². The molecule has 5 rings (SSSR count). The Hall–Kier alpha value is -4.51. The minimum atomic E-state index is -0.734. The molecule has 1 unspecified atom stereocenters. The number of amides is 2. The van der Waals surface area contributed by atoms with E-state index in [-0.39, 0.29) is 30.5 Å². The summed E-state index contributed by atoms with van der Waals surface area (Å²) in [6, 6.07) is 10.7. The Kier molecular flexibility index (Phi) is 7.16. The number of nitrogens with one attached hydrogen (secondary N) is 1. The van der Waals surface area contributed by atoms with E-state index in [4.69, 9.17) is 4.74 Å². The lowest BCUT2D eigenvalue weighted by Gasteiger charge is -2.34. The van der Waals surface area contributed by atoms with Gasteiger partial charge in [-0.2, -0.15) is 5.10 Å². The van der Waals surface area contributed by atoms with Crippen LogP contribution in [-0.4, -0.2) is 85.5 Å². The van der Waals surface area contributed by atoms with Crippen LogP contribution in [0.4, 0.5) is 0 Å². The largest absolute Gasteiger partial charge is 0.494 e. The number of benzene rings is 1. The van der Waals surface area contributed by atoms with Crippen molar-refractivity contribution in [2.24, 2.45) is 5.92 Å². The van der Waals surface area contributed by atoms with Crippen LogP contribution in [0.25, 0.3) is 16.7 Å². The van der Waals surface area contributed by atoms with Crippen molar-refractivity contribution in [2.75, 3.05) is 33.3 Å². The van der Waals surface area contributed by atoms with E-state index in [2.05, 4.69) is 15.1 Å². The molecule has 11 nitrogen and oxygen atoms in total. The van der Waals surface area contributed by atoms with Gasteiger partial charge in [-0.05, 0) is 24.1 Å². The van der Waals surface area contributed by atoms with Crippen molar-refractivity contribution in [1.29, 1.82) is 0 Å². The predicted molar refractivity (Wildman–Crippen MR) is 143 cm³/mol. The topological polar surface area (TPSA) is 134 Å². The Balaban J connectivity index is 1.37. The van der Waals surface area contributed by atoms with Crippen molar-refractivity contribution in [3.63, 3.8) is 0 Å². The summed E-state index contributed by atoms with van der Waals surface area (Å²) in [5.41, 5.74) is 1.72. The van der Waals surface area contributed by atoms with E-state index in [1.165, 1.54) is 29.1 Å². The first kappa shape index (κ1) is 26.1. The molecule has 0 bridgehead atoms. The van der Waals surface area contributed by atoms with Gasteiger partial charge in [0.1, 0.15) is 11.9 Å². The summed E-state index contributed by atoms with van der Waals surface area (Å²) in [5, 5.41) is 15.3. The van der Waals surface area contributed by atoms with Crippen molar-refractivity contribution in [3.8, 4) is 11.6 Å². The highest BCUT2D eigenvalue weighted by atomic mass is 16.5. The van der Waals surface area contributed by atoms with Crippen LogP contribution in [0.5, 0.6) is 5.75 Å².